The van der Waals surface area contributed by atoms with Crippen molar-refractivity contribution in [3.8, 4) is 0 Å². The number of anilines is 1. The van der Waals surface area contributed by atoms with Crippen LogP contribution in [0, 0.1) is 0 Å². The average molecular weight is 260 g/mol. The summed E-state index contributed by atoms with van der Waals surface area (Å²) in [5.41, 5.74) is 0.840. The Bertz CT molecular complexity index is 327. The first-order valence-electron chi connectivity index (χ1n) is 5.31. The molecule has 0 N–H and O–H groups in total. The number of carbonyl (C=O) groups is 1. The molecule has 0 aromatic heterocycles. The fraction of sp³-hybridized carbons (Fsp3) is 0.417. The van der Waals surface area contributed by atoms with E-state index >= 15 is 0 Å². The van der Waals surface area contributed by atoms with Crippen LogP contribution < -0.4 is 4.90 Å². The zero-order chi connectivity index (χ0) is 12.0. The lowest BCUT2D eigenvalue weighted by Gasteiger charge is -2.23. The van der Waals surface area contributed by atoms with Gasteiger partial charge in [0.05, 0.1) is 0 Å². The molecular formula is C12H15Cl2NO. The van der Waals surface area contributed by atoms with Gasteiger partial charge in [0.1, 0.15) is 0 Å². The summed E-state index contributed by atoms with van der Waals surface area (Å²) in [6, 6.07) is 9.44. The monoisotopic (exact) mass is 259 g/mol. The van der Waals surface area contributed by atoms with E-state index in [4.69, 9.17) is 23.2 Å². The van der Waals surface area contributed by atoms with Crippen LogP contribution >= 0.6 is 23.2 Å². The first-order chi connectivity index (χ1) is 7.66. The van der Waals surface area contributed by atoms with Gasteiger partial charge in [-0.25, -0.2) is 0 Å². The van der Waals surface area contributed by atoms with Crippen LogP contribution in [-0.4, -0.2) is 17.3 Å². The van der Waals surface area contributed by atoms with E-state index in [1.807, 2.05) is 30.3 Å². The molecule has 2 nitrogen and oxygen atoms in total. The highest BCUT2D eigenvalue weighted by Crippen LogP contribution is 2.18. The first-order valence-corrected chi connectivity index (χ1v) is 6.18. The molecule has 16 heavy (non-hydrogen) atoms. The molecule has 0 aliphatic carbocycles. The van der Waals surface area contributed by atoms with Crippen molar-refractivity contribution in [2.75, 3.05) is 11.4 Å². The van der Waals surface area contributed by atoms with Crippen LogP contribution in [0.25, 0.3) is 0 Å². The third-order valence-corrected chi connectivity index (χ3v) is 2.63. The van der Waals surface area contributed by atoms with E-state index in [9.17, 15) is 4.79 Å². The number of benzene rings is 1. The summed E-state index contributed by atoms with van der Waals surface area (Å²) < 4.78 is 0. The first kappa shape index (κ1) is 13.3. The van der Waals surface area contributed by atoms with Gasteiger partial charge in [-0.05, 0) is 18.6 Å². The summed E-state index contributed by atoms with van der Waals surface area (Å²) in [5, 5.41) is 0. The summed E-state index contributed by atoms with van der Waals surface area (Å²) >= 11 is 11.3. The Morgan fingerprint density at radius 1 is 1.31 bits per heavy atom. The quantitative estimate of drug-likeness (QED) is 0.740. The van der Waals surface area contributed by atoms with Crippen LogP contribution in [0.2, 0.25) is 0 Å². The Labute approximate surface area is 106 Å². The van der Waals surface area contributed by atoms with Crippen LogP contribution in [0.3, 0.4) is 0 Å². The molecular weight excluding hydrogens is 245 g/mol. The fourth-order valence-electron chi connectivity index (χ4n) is 1.41. The predicted molar refractivity (Wildman–Crippen MR) is 69.2 cm³/mol. The Hall–Kier alpha value is -0.730. The molecule has 1 rings (SSSR count). The van der Waals surface area contributed by atoms with Crippen molar-refractivity contribution in [1.29, 1.82) is 0 Å². The summed E-state index contributed by atoms with van der Waals surface area (Å²) in [4.78, 5) is 12.4. The normalized spacial score (nSPS) is 10.5. The Morgan fingerprint density at radius 2 is 1.94 bits per heavy atom. The number of para-hydroxylation sites is 1. The van der Waals surface area contributed by atoms with Crippen LogP contribution in [0.15, 0.2) is 30.3 Å². The highest BCUT2D eigenvalue weighted by molar-refractivity contribution is 6.54. The van der Waals surface area contributed by atoms with Gasteiger partial charge in [-0.1, -0.05) is 54.7 Å². The number of amides is 1. The molecule has 0 radical (unpaired) electrons. The average Bonchev–Trinajstić information content (AvgIpc) is 2.30. The number of unbranched alkanes of at least 4 members (excludes halogenated alkanes) is 1. The Morgan fingerprint density at radius 3 is 2.44 bits per heavy atom. The number of carbonyl (C=O) groups excluding carboxylic acids is 1. The second kappa shape index (κ2) is 6.77. The van der Waals surface area contributed by atoms with E-state index in [1.165, 1.54) is 0 Å². The number of alkyl halides is 2. The van der Waals surface area contributed by atoms with E-state index < -0.39 is 4.84 Å². The molecule has 0 heterocycles. The molecule has 1 aromatic rings. The molecule has 0 spiro atoms. The van der Waals surface area contributed by atoms with Gasteiger partial charge in [0.25, 0.3) is 5.91 Å². The zero-order valence-corrected chi connectivity index (χ0v) is 10.7. The van der Waals surface area contributed by atoms with Crippen LogP contribution in [-0.2, 0) is 4.79 Å². The molecule has 0 atom stereocenters. The largest absolute Gasteiger partial charge is 0.310 e. The van der Waals surface area contributed by atoms with Crippen molar-refractivity contribution < 1.29 is 4.79 Å². The van der Waals surface area contributed by atoms with Gasteiger partial charge in [0.15, 0.2) is 4.84 Å². The predicted octanol–water partition coefficient (Wildman–Crippen LogP) is 3.62. The Balaban J connectivity index is 2.83. The van der Waals surface area contributed by atoms with E-state index in [0.717, 1.165) is 18.5 Å². The lowest BCUT2D eigenvalue weighted by molar-refractivity contribution is -0.117. The zero-order valence-electron chi connectivity index (χ0n) is 9.20. The SMILES string of the molecule is CCCCN(C(=O)C(Cl)Cl)c1ccccc1. The van der Waals surface area contributed by atoms with Crippen molar-refractivity contribution >= 4 is 34.8 Å². The number of hydrogen-bond donors (Lipinski definition) is 0. The molecule has 0 aliphatic heterocycles. The van der Waals surface area contributed by atoms with Gasteiger partial charge < -0.3 is 4.90 Å². The molecule has 0 bridgehead atoms. The number of hydrogen-bond acceptors (Lipinski definition) is 1. The van der Waals surface area contributed by atoms with E-state index in [1.54, 1.807) is 4.90 Å². The summed E-state index contributed by atoms with van der Waals surface area (Å²) in [5.74, 6) is -0.261. The summed E-state index contributed by atoms with van der Waals surface area (Å²) in [6.45, 7) is 2.72. The molecule has 4 heteroatoms. The van der Waals surface area contributed by atoms with E-state index in [2.05, 4.69) is 6.92 Å². The topological polar surface area (TPSA) is 20.3 Å². The van der Waals surface area contributed by atoms with E-state index in [-0.39, 0.29) is 5.91 Å². The van der Waals surface area contributed by atoms with Gasteiger partial charge in [-0.2, -0.15) is 0 Å². The van der Waals surface area contributed by atoms with Crippen molar-refractivity contribution in [3.05, 3.63) is 30.3 Å². The highest BCUT2D eigenvalue weighted by atomic mass is 35.5. The van der Waals surface area contributed by atoms with Crippen molar-refractivity contribution in [1.82, 2.24) is 0 Å². The van der Waals surface area contributed by atoms with Crippen LogP contribution in [0.5, 0.6) is 0 Å². The molecule has 1 aromatic carbocycles. The maximum Gasteiger partial charge on any atom is 0.260 e. The van der Waals surface area contributed by atoms with Gasteiger partial charge >= 0.3 is 0 Å². The van der Waals surface area contributed by atoms with Crippen molar-refractivity contribution in [3.63, 3.8) is 0 Å². The lowest BCUT2D eigenvalue weighted by Crippen LogP contribution is -2.35. The van der Waals surface area contributed by atoms with Gasteiger partial charge in [0, 0.05) is 12.2 Å². The minimum absolute atomic E-state index is 0.261. The van der Waals surface area contributed by atoms with Crippen LogP contribution in [0.1, 0.15) is 19.8 Å². The van der Waals surface area contributed by atoms with E-state index in [0.29, 0.717) is 6.54 Å². The van der Waals surface area contributed by atoms with Gasteiger partial charge in [-0.15, -0.1) is 0 Å². The fourth-order valence-corrected chi connectivity index (χ4v) is 1.64. The smallest absolute Gasteiger partial charge is 0.260 e. The molecule has 0 saturated carbocycles. The second-order valence-corrected chi connectivity index (χ2v) is 4.58. The highest BCUT2D eigenvalue weighted by Gasteiger charge is 2.20. The molecule has 1 amide bonds. The number of halogens is 2. The minimum atomic E-state index is -1.00. The minimum Gasteiger partial charge on any atom is -0.310 e. The standard InChI is InChI=1S/C12H15Cl2NO/c1-2-3-9-15(12(16)11(13)14)10-7-5-4-6-8-10/h4-8,11H,2-3,9H2,1H3. The summed E-state index contributed by atoms with van der Waals surface area (Å²) in [7, 11) is 0. The molecule has 88 valence electrons. The third kappa shape index (κ3) is 3.69. The molecule has 0 saturated heterocycles. The second-order valence-electron chi connectivity index (χ2n) is 3.48. The van der Waals surface area contributed by atoms with Gasteiger partial charge in [0.2, 0.25) is 0 Å². The lowest BCUT2D eigenvalue weighted by atomic mass is 10.2. The molecule has 0 unspecified atom stereocenters. The molecule has 0 fully saturated rings. The van der Waals surface area contributed by atoms with Gasteiger partial charge in [-0.3, -0.25) is 4.79 Å². The number of rotatable bonds is 5. The maximum absolute atomic E-state index is 11.8. The third-order valence-electron chi connectivity index (χ3n) is 2.26. The van der Waals surface area contributed by atoms with Crippen molar-refractivity contribution in [2.24, 2.45) is 0 Å². The van der Waals surface area contributed by atoms with Crippen molar-refractivity contribution in [2.45, 2.75) is 24.6 Å². The number of nitrogens with zero attached hydrogens (tertiary/aromatic N) is 1. The van der Waals surface area contributed by atoms with Crippen LogP contribution in [0.4, 0.5) is 5.69 Å². The summed E-state index contributed by atoms with van der Waals surface area (Å²) in [6.07, 6.45) is 1.95. The maximum atomic E-state index is 11.8. The molecule has 0 aliphatic rings. The Kier molecular flexibility index (Phi) is 5.64.